The Kier molecular flexibility index (Phi) is 4.99. The minimum Gasteiger partial charge on any atom is -0.316 e. The predicted molar refractivity (Wildman–Crippen MR) is 68.7 cm³/mol. The summed E-state index contributed by atoms with van der Waals surface area (Å²) in [4.78, 5) is 1.45. The molecule has 3 heteroatoms. The summed E-state index contributed by atoms with van der Waals surface area (Å²) in [6, 6.07) is 4.33. The van der Waals surface area contributed by atoms with Crippen molar-refractivity contribution in [3.63, 3.8) is 0 Å². The van der Waals surface area contributed by atoms with Crippen molar-refractivity contribution in [3.05, 3.63) is 22.4 Å². The van der Waals surface area contributed by atoms with Crippen LogP contribution in [0, 0.1) is 0 Å². The van der Waals surface area contributed by atoms with E-state index in [1.165, 1.54) is 4.88 Å². The Hall–Kier alpha value is 0.01000. The number of thiol groups is 1. The van der Waals surface area contributed by atoms with E-state index in [9.17, 15) is 0 Å². The fourth-order valence-corrected chi connectivity index (χ4v) is 2.37. The minimum absolute atomic E-state index is 0.255. The van der Waals surface area contributed by atoms with Gasteiger partial charge < -0.3 is 5.32 Å². The first-order valence-electron chi connectivity index (χ1n) is 5.02. The van der Waals surface area contributed by atoms with Gasteiger partial charge in [0.25, 0.3) is 0 Å². The molecule has 0 spiro atoms. The summed E-state index contributed by atoms with van der Waals surface area (Å²) in [6.07, 6.45) is 1.14. The van der Waals surface area contributed by atoms with Crippen molar-refractivity contribution in [1.82, 2.24) is 5.32 Å². The fourth-order valence-electron chi connectivity index (χ4n) is 1.36. The lowest BCUT2D eigenvalue weighted by molar-refractivity contribution is 0.478. The molecule has 0 aliphatic rings. The van der Waals surface area contributed by atoms with Gasteiger partial charge >= 0.3 is 0 Å². The molecule has 0 aliphatic carbocycles. The standard InChI is InChI=1S/C11H19NS2/c1-11(2,9-12-6-4-7-13)10-5-3-8-14-10/h3,5,8,12-13H,4,6-7,9H2,1-2H3. The molecule has 0 unspecified atom stereocenters. The average Bonchev–Trinajstić information content (AvgIpc) is 2.65. The molecule has 0 saturated heterocycles. The molecule has 0 atom stereocenters. The fraction of sp³-hybridized carbons (Fsp3) is 0.636. The van der Waals surface area contributed by atoms with Crippen molar-refractivity contribution in [2.75, 3.05) is 18.8 Å². The van der Waals surface area contributed by atoms with E-state index in [0.29, 0.717) is 0 Å². The van der Waals surface area contributed by atoms with Crippen LogP contribution in [0.15, 0.2) is 17.5 Å². The second kappa shape index (κ2) is 5.79. The van der Waals surface area contributed by atoms with Gasteiger partial charge in [-0.3, -0.25) is 0 Å². The zero-order valence-electron chi connectivity index (χ0n) is 8.92. The van der Waals surface area contributed by atoms with Gasteiger partial charge in [0.1, 0.15) is 0 Å². The maximum absolute atomic E-state index is 4.19. The third-order valence-electron chi connectivity index (χ3n) is 2.27. The molecule has 80 valence electrons. The largest absolute Gasteiger partial charge is 0.316 e. The lowest BCUT2D eigenvalue weighted by atomic mass is 9.91. The maximum atomic E-state index is 4.19. The van der Waals surface area contributed by atoms with E-state index >= 15 is 0 Å². The third kappa shape index (κ3) is 3.64. The van der Waals surface area contributed by atoms with Crippen molar-refractivity contribution in [1.29, 1.82) is 0 Å². The SMILES string of the molecule is CC(C)(CNCCCS)c1cccs1. The van der Waals surface area contributed by atoms with Gasteiger partial charge in [0.05, 0.1) is 0 Å². The van der Waals surface area contributed by atoms with Gasteiger partial charge in [0.2, 0.25) is 0 Å². The summed E-state index contributed by atoms with van der Waals surface area (Å²) in [7, 11) is 0. The number of hydrogen-bond donors (Lipinski definition) is 2. The van der Waals surface area contributed by atoms with E-state index < -0.39 is 0 Å². The van der Waals surface area contributed by atoms with E-state index in [-0.39, 0.29) is 5.41 Å². The van der Waals surface area contributed by atoms with Crippen LogP contribution in [0.3, 0.4) is 0 Å². The normalized spacial score (nSPS) is 11.9. The Balaban J connectivity index is 2.35. The Morgan fingerprint density at radius 3 is 2.86 bits per heavy atom. The molecule has 0 fully saturated rings. The Bertz CT molecular complexity index is 242. The summed E-state index contributed by atoms with van der Waals surface area (Å²) >= 11 is 6.03. The highest BCUT2D eigenvalue weighted by molar-refractivity contribution is 7.80. The van der Waals surface area contributed by atoms with Crippen molar-refractivity contribution >= 4 is 24.0 Å². The number of thiophene rings is 1. The molecule has 0 radical (unpaired) electrons. The topological polar surface area (TPSA) is 12.0 Å². The first-order valence-corrected chi connectivity index (χ1v) is 6.53. The lowest BCUT2D eigenvalue weighted by Crippen LogP contribution is -2.32. The molecule has 1 N–H and O–H groups in total. The van der Waals surface area contributed by atoms with Crippen LogP contribution < -0.4 is 5.32 Å². The van der Waals surface area contributed by atoms with Gasteiger partial charge in [-0.2, -0.15) is 12.6 Å². The number of hydrogen-bond acceptors (Lipinski definition) is 3. The maximum Gasteiger partial charge on any atom is 0.0115 e. The van der Waals surface area contributed by atoms with Crippen molar-refractivity contribution in [3.8, 4) is 0 Å². The summed E-state index contributed by atoms with van der Waals surface area (Å²) < 4.78 is 0. The monoisotopic (exact) mass is 229 g/mol. The average molecular weight is 229 g/mol. The highest BCUT2D eigenvalue weighted by atomic mass is 32.1. The first kappa shape index (κ1) is 12.1. The van der Waals surface area contributed by atoms with E-state index in [1.54, 1.807) is 0 Å². The zero-order valence-corrected chi connectivity index (χ0v) is 10.6. The Morgan fingerprint density at radius 1 is 1.50 bits per heavy atom. The molecule has 0 bridgehead atoms. The van der Waals surface area contributed by atoms with Crippen molar-refractivity contribution in [2.24, 2.45) is 0 Å². The summed E-state index contributed by atoms with van der Waals surface area (Å²) in [5, 5.41) is 5.62. The molecule has 0 aromatic carbocycles. The molecule has 0 saturated carbocycles. The highest BCUT2D eigenvalue weighted by Crippen LogP contribution is 2.26. The predicted octanol–water partition coefficient (Wildman–Crippen LogP) is 2.94. The van der Waals surface area contributed by atoms with Crippen molar-refractivity contribution in [2.45, 2.75) is 25.7 Å². The van der Waals surface area contributed by atoms with Crippen LogP contribution in [0.25, 0.3) is 0 Å². The molecule has 1 aromatic heterocycles. The number of rotatable bonds is 6. The smallest absolute Gasteiger partial charge is 0.0115 e. The number of nitrogens with one attached hydrogen (secondary N) is 1. The van der Waals surface area contributed by atoms with Gasteiger partial charge in [0.15, 0.2) is 0 Å². The van der Waals surface area contributed by atoms with Gasteiger partial charge in [-0.25, -0.2) is 0 Å². The summed E-state index contributed by atoms with van der Waals surface area (Å²) in [5.41, 5.74) is 0.255. The van der Waals surface area contributed by atoms with Crippen LogP contribution >= 0.6 is 24.0 Å². The molecular formula is C11H19NS2. The van der Waals surface area contributed by atoms with E-state index in [0.717, 1.165) is 25.3 Å². The molecule has 1 aromatic rings. The molecule has 0 amide bonds. The third-order valence-corrected chi connectivity index (χ3v) is 3.82. The van der Waals surface area contributed by atoms with Crippen LogP contribution in [-0.4, -0.2) is 18.8 Å². The van der Waals surface area contributed by atoms with Gasteiger partial charge in [-0.05, 0) is 30.2 Å². The molecule has 1 rings (SSSR count). The van der Waals surface area contributed by atoms with Crippen LogP contribution in [-0.2, 0) is 5.41 Å². The lowest BCUT2D eigenvalue weighted by Gasteiger charge is -2.23. The quantitative estimate of drug-likeness (QED) is 0.564. The van der Waals surface area contributed by atoms with Crippen LogP contribution in [0.4, 0.5) is 0 Å². The Labute approximate surface area is 96.3 Å². The molecule has 14 heavy (non-hydrogen) atoms. The van der Waals surface area contributed by atoms with Crippen LogP contribution in [0.1, 0.15) is 25.1 Å². The van der Waals surface area contributed by atoms with E-state index in [2.05, 4.69) is 49.3 Å². The Morgan fingerprint density at radius 2 is 2.29 bits per heavy atom. The molecular weight excluding hydrogens is 210 g/mol. The highest BCUT2D eigenvalue weighted by Gasteiger charge is 2.20. The van der Waals surface area contributed by atoms with Crippen molar-refractivity contribution < 1.29 is 0 Å². The van der Waals surface area contributed by atoms with E-state index in [4.69, 9.17) is 0 Å². The molecule has 0 aliphatic heterocycles. The molecule has 1 nitrogen and oxygen atoms in total. The summed E-state index contributed by atoms with van der Waals surface area (Å²) in [6.45, 7) is 6.68. The second-order valence-electron chi connectivity index (χ2n) is 4.12. The molecule has 1 heterocycles. The van der Waals surface area contributed by atoms with Gasteiger partial charge in [-0.15, -0.1) is 11.3 Å². The van der Waals surface area contributed by atoms with Gasteiger partial charge in [-0.1, -0.05) is 19.9 Å². The van der Waals surface area contributed by atoms with E-state index in [1.807, 2.05) is 11.3 Å². The zero-order chi connectivity index (χ0) is 10.4. The minimum atomic E-state index is 0.255. The van der Waals surface area contributed by atoms with Crippen LogP contribution in [0.5, 0.6) is 0 Å². The summed E-state index contributed by atoms with van der Waals surface area (Å²) in [5.74, 6) is 0.965. The second-order valence-corrected chi connectivity index (χ2v) is 5.51. The van der Waals surface area contributed by atoms with Gasteiger partial charge in [0, 0.05) is 16.8 Å². The van der Waals surface area contributed by atoms with Crippen LogP contribution in [0.2, 0.25) is 0 Å². The first-order chi connectivity index (χ1) is 6.67.